The highest BCUT2D eigenvalue weighted by molar-refractivity contribution is 9.11. The molecule has 0 aromatic heterocycles. The highest BCUT2D eigenvalue weighted by Gasteiger charge is 2.02. The molecule has 0 saturated carbocycles. The van der Waals surface area contributed by atoms with Gasteiger partial charge in [0.05, 0.1) is 5.69 Å². The lowest BCUT2D eigenvalue weighted by atomic mass is 10.1. The van der Waals surface area contributed by atoms with E-state index >= 15 is 0 Å². The standard InChI is InChI=1S/C22H17Br2NO2/c1-15(26)17-3-2-4-20(11-17)25-13-16-5-9-21(10-6-16)27-14-18-7-8-19(23)12-22(18)24/h2-13H,14H2,1H3. The molecule has 5 heteroatoms. The lowest BCUT2D eigenvalue weighted by Crippen LogP contribution is -1.96. The van der Waals surface area contributed by atoms with Crippen LogP contribution in [-0.4, -0.2) is 12.0 Å². The van der Waals surface area contributed by atoms with E-state index in [0.717, 1.165) is 31.5 Å². The third-order valence-electron chi connectivity index (χ3n) is 3.90. The van der Waals surface area contributed by atoms with Crippen LogP contribution in [0.4, 0.5) is 5.69 Å². The van der Waals surface area contributed by atoms with E-state index in [1.54, 1.807) is 25.3 Å². The van der Waals surface area contributed by atoms with Crippen molar-refractivity contribution in [1.82, 2.24) is 0 Å². The van der Waals surface area contributed by atoms with E-state index in [1.807, 2.05) is 54.6 Å². The summed E-state index contributed by atoms with van der Waals surface area (Å²) < 4.78 is 7.88. The van der Waals surface area contributed by atoms with Gasteiger partial charge in [-0.15, -0.1) is 0 Å². The van der Waals surface area contributed by atoms with Crippen LogP contribution in [0, 0.1) is 0 Å². The topological polar surface area (TPSA) is 38.7 Å². The van der Waals surface area contributed by atoms with Crippen molar-refractivity contribution in [3.05, 3.63) is 92.4 Å². The van der Waals surface area contributed by atoms with Crippen molar-refractivity contribution in [1.29, 1.82) is 0 Å². The zero-order valence-corrected chi connectivity index (χ0v) is 17.8. The van der Waals surface area contributed by atoms with Crippen LogP contribution < -0.4 is 4.74 Å². The van der Waals surface area contributed by atoms with E-state index in [0.29, 0.717) is 12.2 Å². The van der Waals surface area contributed by atoms with Gasteiger partial charge in [-0.2, -0.15) is 0 Å². The number of aliphatic imine (C=N–C) groups is 1. The van der Waals surface area contributed by atoms with Gasteiger partial charge in [0.1, 0.15) is 12.4 Å². The van der Waals surface area contributed by atoms with Crippen molar-refractivity contribution in [2.45, 2.75) is 13.5 Å². The highest BCUT2D eigenvalue weighted by Crippen LogP contribution is 2.23. The average Bonchev–Trinajstić information content (AvgIpc) is 2.67. The van der Waals surface area contributed by atoms with Crippen molar-refractivity contribution in [2.75, 3.05) is 0 Å². The van der Waals surface area contributed by atoms with Gasteiger partial charge in [0.2, 0.25) is 0 Å². The molecule has 0 spiro atoms. The minimum Gasteiger partial charge on any atom is -0.489 e. The number of ether oxygens (including phenoxy) is 1. The van der Waals surface area contributed by atoms with E-state index in [4.69, 9.17) is 4.74 Å². The van der Waals surface area contributed by atoms with Crippen LogP contribution in [0.5, 0.6) is 5.75 Å². The lowest BCUT2D eigenvalue weighted by Gasteiger charge is -2.08. The Kier molecular flexibility index (Phi) is 6.58. The van der Waals surface area contributed by atoms with Gasteiger partial charge in [0, 0.05) is 26.3 Å². The Morgan fingerprint density at radius 2 is 1.81 bits per heavy atom. The lowest BCUT2D eigenvalue weighted by molar-refractivity contribution is 0.101. The Hall–Kier alpha value is -2.24. The first kappa shape index (κ1) is 19.5. The number of Topliss-reactive ketones (excluding diaryl/α,β-unsaturated/α-hetero) is 1. The summed E-state index contributed by atoms with van der Waals surface area (Å²) in [5, 5.41) is 0. The molecule has 3 aromatic rings. The second-order valence-corrected chi connectivity index (χ2v) is 7.73. The molecule has 3 nitrogen and oxygen atoms in total. The predicted octanol–water partition coefficient (Wildman–Crippen LogP) is 6.74. The number of carbonyl (C=O) groups excluding carboxylic acids is 1. The third kappa shape index (κ3) is 5.62. The van der Waals surface area contributed by atoms with Gasteiger partial charge in [0.15, 0.2) is 5.78 Å². The molecule has 3 rings (SSSR count). The molecular formula is C22H17Br2NO2. The monoisotopic (exact) mass is 485 g/mol. The summed E-state index contributed by atoms with van der Waals surface area (Å²) >= 11 is 6.98. The van der Waals surface area contributed by atoms with Crippen LogP contribution in [0.2, 0.25) is 0 Å². The second-order valence-electron chi connectivity index (χ2n) is 5.96. The molecule has 0 atom stereocenters. The summed E-state index contributed by atoms with van der Waals surface area (Å²) in [6, 6.07) is 21.0. The molecule has 27 heavy (non-hydrogen) atoms. The Balaban J connectivity index is 1.63. The van der Waals surface area contributed by atoms with Crippen LogP contribution in [0.1, 0.15) is 28.4 Å². The Bertz CT molecular complexity index is 982. The van der Waals surface area contributed by atoms with Crippen molar-refractivity contribution < 1.29 is 9.53 Å². The molecular weight excluding hydrogens is 470 g/mol. The van der Waals surface area contributed by atoms with E-state index in [9.17, 15) is 4.79 Å². The van der Waals surface area contributed by atoms with E-state index < -0.39 is 0 Å². The first-order valence-electron chi connectivity index (χ1n) is 8.33. The Labute approximate surface area is 175 Å². The van der Waals surface area contributed by atoms with Gasteiger partial charge in [0.25, 0.3) is 0 Å². The van der Waals surface area contributed by atoms with Gasteiger partial charge in [-0.25, -0.2) is 0 Å². The van der Waals surface area contributed by atoms with Gasteiger partial charge in [-0.3, -0.25) is 9.79 Å². The molecule has 0 radical (unpaired) electrons. The van der Waals surface area contributed by atoms with Crippen LogP contribution in [-0.2, 0) is 6.61 Å². The summed E-state index contributed by atoms with van der Waals surface area (Å²) in [7, 11) is 0. The van der Waals surface area contributed by atoms with Crippen molar-refractivity contribution in [3.8, 4) is 5.75 Å². The normalized spacial score (nSPS) is 10.9. The summed E-state index contributed by atoms with van der Waals surface area (Å²) in [6.45, 7) is 2.04. The maximum absolute atomic E-state index is 11.4. The molecule has 0 bridgehead atoms. The zero-order valence-electron chi connectivity index (χ0n) is 14.7. The molecule has 136 valence electrons. The van der Waals surface area contributed by atoms with Gasteiger partial charge in [-0.1, -0.05) is 50.1 Å². The molecule has 3 aromatic carbocycles. The van der Waals surface area contributed by atoms with E-state index in [-0.39, 0.29) is 5.78 Å². The molecule has 0 fully saturated rings. The second kappa shape index (κ2) is 9.11. The highest BCUT2D eigenvalue weighted by atomic mass is 79.9. The summed E-state index contributed by atoms with van der Waals surface area (Å²) in [4.78, 5) is 15.9. The quantitative estimate of drug-likeness (QED) is 0.285. The summed E-state index contributed by atoms with van der Waals surface area (Å²) in [5.74, 6) is 0.825. The first-order chi connectivity index (χ1) is 13.0. The number of nitrogens with zero attached hydrogens (tertiary/aromatic N) is 1. The molecule has 0 unspecified atom stereocenters. The van der Waals surface area contributed by atoms with Crippen LogP contribution >= 0.6 is 31.9 Å². The summed E-state index contributed by atoms with van der Waals surface area (Å²) in [5.41, 5.74) is 3.45. The number of rotatable bonds is 6. The van der Waals surface area contributed by atoms with Crippen LogP contribution in [0.3, 0.4) is 0 Å². The van der Waals surface area contributed by atoms with Crippen molar-refractivity contribution in [2.24, 2.45) is 4.99 Å². The van der Waals surface area contributed by atoms with Gasteiger partial charge >= 0.3 is 0 Å². The Morgan fingerprint density at radius 3 is 2.52 bits per heavy atom. The molecule has 0 N–H and O–H groups in total. The minimum absolute atomic E-state index is 0.0333. The summed E-state index contributed by atoms with van der Waals surface area (Å²) in [6.07, 6.45) is 1.77. The fourth-order valence-corrected chi connectivity index (χ4v) is 3.57. The minimum atomic E-state index is 0.0333. The number of benzene rings is 3. The largest absolute Gasteiger partial charge is 0.489 e. The number of hydrogen-bond acceptors (Lipinski definition) is 3. The maximum atomic E-state index is 11.4. The van der Waals surface area contributed by atoms with Crippen LogP contribution in [0.15, 0.2) is 80.7 Å². The number of ketones is 1. The maximum Gasteiger partial charge on any atom is 0.159 e. The fraction of sp³-hybridized carbons (Fsp3) is 0.0909. The fourth-order valence-electron chi connectivity index (χ4n) is 2.40. The molecule has 0 heterocycles. The SMILES string of the molecule is CC(=O)c1cccc(N=Cc2ccc(OCc3ccc(Br)cc3Br)cc2)c1. The van der Waals surface area contributed by atoms with Crippen molar-refractivity contribution >= 4 is 49.5 Å². The molecule has 0 amide bonds. The van der Waals surface area contributed by atoms with Crippen LogP contribution in [0.25, 0.3) is 0 Å². The van der Waals surface area contributed by atoms with Gasteiger partial charge in [-0.05, 0) is 61.0 Å². The molecule has 0 aliphatic carbocycles. The smallest absolute Gasteiger partial charge is 0.159 e. The van der Waals surface area contributed by atoms with Crippen molar-refractivity contribution in [3.63, 3.8) is 0 Å². The number of hydrogen-bond donors (Lipinski definition) is 0. The predicted molar refractivity (Wildman–Crippen MR) is 116 cm³/mol. The molecule has 0 aliphatic heterocycles. The van der Waals surface area contributed by atoms with Gasteiger partial charge < -0.3 is 4.74 Å². The number of carbonyl (C=O) groups is 1. The first-order valence-corrected chi connectivity index (χ1v) is 9.92. The molecule has 0 saturated heterocycles. The average molecular weight is 487 g/mol. The van der Waals surface area contributed by atoms with E-state index in [1.165, 1.54) is 0 Å². The number of halogens is 2. The van der Waals surface area contributed by atoms with E-state index in [2.05, 4.69) is 36.9 Å². The Morgan fingerprint density at radius 1 is 1.04 bits per heavy atom. The zero-order chi connectivity index (χ0) is 19.2. The third-order valence-corrected chi connectivity index (χ3v) is 5.14. The molecule has 0 aliphatic rings.